The molecular formula is C17H17NO2. The molecule has 0 saturated carbocycles. The van der Waals surface area contributed by atoms with Crippen LogP contribution in [-0.4, -0.2) is 12.9 Å². The van der Waals surface area contributed by atoms with Crippen LogP contribution in [0.5, 0.6) is 5.75 Å². The molecule has 4 rings (SSSR count). The standard InChI is InChI=1S/C17H17NO2/c1-2-6-12(7-3-1)18-16-13-8-4-5-9-15(13)20-17-14(16)10-11-19-17/h1-9,14,16-18H,10-11H2/t14-,16+,17+/m1/s1. The van der Waals surface area contributed by atoms with Gasteiger partial charge in [-0.05, 0) is 24.6 Å². The number of hydrogen-bond acceptors (Lipinski definition) is 3. The molecule has 20 heavy (non-hydrogen) atoms. The molecule has 3 heteroatoms. The number of hydrogen-bond donors (Lipinski definition) is 1. The Kier molecular flexibility index (Phi) is 2.85. The predicted molar refractivity (Wildman–Crippen MR) is 77.7 cm³/mol. The second kappa shape index (κ2) is 4.84. The first-order valence-corrected chi connectivity index (χ1v) is 7.10. The highest BCUT2D eigenvalue weighted by Crippen LogP contribution is 2.44. The molecule has 0 amide bonds. The van der Waals surface area contributed by atoms with Gasteiger partial charge < -0.3 is 14.8 Å². The van der Waals surface area contributed by atoms with Crippen LogP contribution in [0.25, 0.3) is 0 Å². The molecule has 2 heterocycles. The van der Waals surface area contributed by atoms with Gasteiger partial charge in [-0.3, -0.25) is 0 Å². The lowest BCUT2D eigenvalue weighted by atomic mass is 9.88. The molecule has 0 unspecified atom stereocenters. The highest BCUT2D eigenvalue weighted by Gasteiger charge is 2.42. The molecule has 3 nitrogen and oxygen atoms in total. The number of ether oxygens (including phenoxy) is 2. The summed E-state index contributed by atoms with van der Waals surface area (Å²) >= 11 is 0. The largest absolute Gasteiger partial charge is 0.464 e. The van der Waals surface area contributed by atoms with E-state index in [0.29, 0.717) is 5.92 Å². The van der Waals surface area contributed by atoms with Gasteiger partial charge in [-0.15, -0.1) is 0 Å². The van der Waals surface area contributed by atoms with Gasteiger partial charge in [-0.1, -0.05) is 36.4 Å². The molecule has 2 aromatic rings. The van der Waals surface area contributed by atoms with Gasteiger partial charge in [0.15, 0.2) is 0 Å². The Hall–Kier alpha value is -2.00. The Morgan fingerprint density at radius 1 is 0.950 bits per heavy atom. The number of para-hydroxylation sites is 2. The van der Waals surface area contributed by atoms with Crippen molar-refractivity contribution in [2.24, 2.45) is 5.92 Å². The SMILES string of the molecule is c1ccc(N[C@H]2c3ccccc3O[C@@H]3OCC[C@@H]32)cc1. The highest BCUT2D eigenvalue weighted by molar-refractivity contribution is 5.49. The van der Waals surface area contributed by atoms with E-state index in [1.807, 2.05) is 18.2 Å². The van der Waals surface area contributed by atoms with Crippen molar-refractivity contribution < 1.29 is 9.47 Å². The van der Waals surface area contributed by atoms with E-state index in [1.54, 1.807) is 0 Å². The van der Waals surface area contributed by atoms with Crippen LogP contribution in [0.2, 0.25) is 0 Å². The fourth-order valence-electron chi connectivity index (χ4n) is 3.12. The maximum Gasteiger partial charge on any atom is 0.205 e. The summed E-state index contributed by atoms with van der Waals surface area (Å²) < 4.78 is 11.7. The minimum Gasteiger partial charge on any atom is -0.464 e. The Morgan fingerprint density at radius 3 is 2.65 bits per heavy atom. The lowest BCUT2D eigenvalue weighted by Gasteiger charge is -2.35. The van der Waals surface area contributed by atoms with Crippen molar-refractivity contribution in [1.29, 1.82) is 0 Å². The Morgan fingerprint density at radius 2 is 1.75 bits per heavy atom. The second-order valence-corrected chi connectivity index (χ2v) is 5.34. The van der Waals surface area contributed by atoms with E-state index in [4.69, 9.17) is 9.47 Å². The second-order valence-electron chi connectivity index (χ2n) is 5.34. The van der Waals surface area contributed by atoms with Crippen molar-refractivity contribution in [2.45, 2.75) is 18.8 Å². The first kappa shape index (κ1) is 11.8. The zero-order valence-electron chi connectivity index (χ0n) is 11.2. The van der Waals surface area contributed by atoms with E-state index in [1.165, 1.54) is 5.56 Å². The third kappa shape index (κ3) is 1.95. The van der Waals surface area contributed by atoms with Gasteiger partial charge in [-0.25, -0.2) is 0 Å². The van der Waals surface area contributed by atoms with Crippen LogP contribution in [0.3, 0.4) is 0 Å². The summed E-state index contributed by atoms with van der Waals surface area (Å²) in [5, 5.41) is 3.65. The molecule has 1 N–H and O–H groups in total. The van der Waals surface area contributed by atoms with Crippen LogP contribution in [-0.2, 0) is 4.74 Å². The summed E-state index contributed by atoms with van der Waals surface area (Å²) in [6.45, 7) is 0.774. The number of nitrogens with one attached hydrogen (secondary N) is 1. The average molecular weight is 267 g/mol. The summed E-state index contributed by atoms with van der Waals surface area (Å²) in [7, 11) is 0. The smallest absolute Gasteiger partial charge is 0.205 e. The number of benzene rings is 2. The average Bonchev–Trinajstić information content (AvgIpc) is 2.96. The van der Waals surface area contributed by atoms with Crippen LogP contribution in [0.15, 0.2) is 54.6 Å². The molecule has 0 aromatic heterocycles. The first-order valence-electron chi connectivity index (χ1n) is 7.10. The van der Waals surface area contributed by atoms with Crippen LogP contribution >= 0.6 is 0 Å². The van der Waals surface area contributed by atoms with Gasteiger partial charge in [0.05, 0.1) is 12.6 Å². The van der Waals surface area contributed by atoms with Gasteiger partial charge in [0.1, 0.15) is 5.75 Å². The number of rotatable bonds is 2. The summed E-state index contributed by atoms with van der Waals surface area (Å²) in [5.41, 5.74) is 2.36. The van der Waals surface area contributed by atoms with E-state index >= 15 is 0 Å². The third-order valence-corrected chi connectivity index (χ3v) is 4.10. The molecular weight excluding hydrogens is 250 g/mol. The van der Waals surface area contributed by atoms with Crippen molar-refractivity contribution in [3.8, 4) is 5.75 Å². The molecule has 0 radical (unpaired) electrons. The Labute approximate surface area is 118 Å². The van der Waals surface area contributed by atoms with Crippen molar-refractivity contribution in [2.75, 3.05) is 11.9 Å². The zero-order chi connectivity index (χ0) is 13.4. The van der Waals surface area contributed by atoms with Crippen LogP contribution < -0.4 is 10.1 Å². The van der Waals surface area contributed by atoms with E-state index in [-0.39, 0.29) is 12.3 Å². The molecule has 3 atom stereocenters. The van der Waals surface area contributed by atoms with Crippen molar-refractivity contribution in [1.82, 2.24) is 0 Å². The van der Waals surface area contributed by atoms with Gasteiger partial charge >= 0.3 is 0 Å². The van der Waals surface area contributed by atoms with E-state index in [0.717, 1.165) is 24.5 Å². The van der Waals surface area contributed by atoms with Crippen LogP contribution in [0.1, 0.15) is 18.0 Å². The highest BCUT2D eigenvalue weighted by atomic mass is 16.7. The monoisotopic (exact) mass is 267 g/mol. The lowest BCUT2D eigenvalue weighted by Crippen LogP contribution is -2.36. The minimum atomic E-state index is -0.119. The fourth-order valence-corrected chi connectivity index (χ4v) is 3.12. The molecule has 102 valence electrons. The van der Waals surface area contributed by atoms with Crippen molar-refractivity contribution in [3.63, 3.8) is 0 Å². The molecule has 2 aliphatic rings. The minimum absolute atomic E-state index is 0.119. The normalized spacial score (nSPS) is 27.3. The fraction of sp³-hybridized carbons (Fsp3) is 0.294. The third-order valence-electron chi connectivity index (χ3n) is 4.10. The van der Waals surface area contributed by atoms with E-state index in [9.17, 15) is 0 Å². The topological polar surface area (TPSA) is 30.5 Å². The lowest BCUT2D eigenvalue weighted by molar-refractivity contribution is -0.0747. The molecule has 2 aliphatic heterocycles. The van der Waals surface area contributed by atoms with Crippen molar-refractivity contribution in [3.05, 3.63) is 60.2 Å². The summed E-state index contributed by atoms with van der Waals surface area (Å²) in [6, 6.07) is 18.8. The maximum absolute atomic E-state index is 5.96. The van der Waals surface area contributed by atoms with Crippen LogP contribution in [0, 0.1) is 5.92 Å². The summed E-state index contributed by atoms with van der Waals surface area (Å²) in [4.78, 5) is 0. The first-order chi connectivity index (χ1) is 9.92. The van der Waals surface area contributed by atoms with Crippen molar-refractivity contribution >= 4 is 5.69 Å². The Bertz CT molecular complexity index is 599. The van der Waals surface area contributed by atoms with Gasteiger partial charge in [0.2, 0.25) is 6.29 Å². The molecule has 1 fully saturated rings. The number of anilines is 1. The van der Waals surface area contributed by atoms with Gasteiger partial charge in [0, 0.05) is 17.2 Å². The van der Waals surface area contributed by atoms with E-state index < -0.39 is 0 Å². The molecule has 0 aliphatic carbocycles. The van der Waals surface area contributed by atoms with Crippen LogP contribution in [0.4, 0.5) is 5.69 Å². The summed E-state index contributed by atoms with van der Waals surface area (Å²) in [5.74, 6) is 1.30. The summed E-state index contributed by atoms with van der Waals surface area (Å²) in [6.07, 6.45) is 0.912. The van der Waals surface area contributed by atoms with Gasteiger partial charge in [0.25, 0.3) is 0 Å². The van der Waals surface area contributed by atoms with E-state index in [2.05, 4.69) is 41.7 Å². The van der Waals surface area contributed by atoms with Gasteiger partial charge in [-0.2, -0.15) is 0 Å². The quantitative estimate of drug-likeness (QED) is 0.902. The number of fused-ring (bicyclic) bond motifs is 2. The zero-order valence-corrected chi connectivity index (χ0v) is 11.2. The predicted octanol–water partition coefficient (Wildman–Crippen LogP) is 3.59. The molecule has 0 bridgehead atoms. The molecule has 2 aromatic carbocycles. The maximum atomic E-state index is 5.96. The molecule has 1 saturated heterocycles. The molecule has 0 spiro atoms. The Balaban J connectivity index is 1.71.